The summed E-state index contributed by atoms with van der Waals surface area (Å²) in [5.41, 5.74) is -0.758. The Kier molecular flexibility index (Phi) is 5.81. The van der Waals surface area contributed by atoms with Crippen LogP contribution in [0.2, 0.25) is 0 Å². The minimum Gasteiger partial charge on any atom is -0.468 e. The molecule has 0 spiro atoms. The van der Waals surface area contributed by atoms with Crippen LogP contribution in [0.3, 0.4) is 0 Å². The summed E-state index contributed by atoms with van der Waals surface area (Å²) in [6.07, 6.45) is -0.419. The smallest absolute Gasteiger partial charge is 0.321 e. The van der Waals surface area contributed by atoms with Crippen LogP contribution in [0.5, 0.6) is 0 Å². The van der Waals surface area contributed by atoms with Gasteiger partial charge in [0.2, 0.25) is 0 Å². The van der Waals surface area contributed by atoms with Gasteiger partial charge in [0.1, 0.15) is 12.2 Å². The number of aliphatic hydroxyl groups excluding tert-OH is 1. The molecule has 0 aromatic heterocycles. The molecule has 1 N–H and O–H groups in total. The Hall–Kier alpha value is -1.43. The van der Waals surface area contributed by atoms with Gasteiger partial charge in [-0.25, -0.2) is 0 Å². The molecule has 0 radical (unpaired) electrons. The fraction of sp³-hybridized carbons (Fsp3) is 0.727. The highest BCUT2D eigenvalue weighted by Gasteiger charge is 2.33. The Morgan fingerprint density at radius 2 is 1.71 bits per heavy atom. The molecule has 0 saturated carbocycles. The van der Waals surface area contributed by atoms with E-state index in [9.17, 15) is 14.4 Å². The fourth-order valence-electron chi connectivity index (χ4n) is 1.07. The Morgan fingerprint density at radius 1 is 1.18 bits per heavy atom. The van der Waals surface area contributed by atoms with E-state index in [4.69, 9.17) is 9.84 Å². The first-order valence-corrected chi connectivity index (χ1v) is 5.14. The molecule has 0 amide bonds. The number of Topliss-reactive ketones (excluding diaryl/α,β-unsaturated/α-hetero) is 1. The fourth-order valence-corrected chi connectivity index (χ4v) is 1.07. The molecular weight excluding hydrogens is 228 g/mol. The van der Waals surface area contributed by atoms with Crippen LogP contribution >= 0.6 is 0 Å². The van der Waals surface area contributed by atoms with Gasteiger partial charge in [-0.2, -0.15) is 0 Å². The molecular formula is C11H18O6. The Morgan fingerprint density at radius 3 is 2.06 bits per heavy atom. The molecule has 1 atom stereocenters. The molecule has 0 bridgehead atoms. The largest absolute Gasteiger partial charge is 0.468 e. The molecule has 6 heteroatoms. The number of aliphatic hydroxyl groups is 1. The lowest BCUT2D eigenvalue weighted by atomic mass is 10.0. The van der Waals surface area contributed by atoms with E-state index in [1.54, 1.807) is 20.8 Å². The standard InChI is InChI=1S/C11H18O6/c1-11(2,3)17-10(15)8(9(14)16-4)5-7(13)6-12/h8,12H,5-6H2,1-4H3. The number of ether oxygens (including phenoxy) is 2. The maximum atomic E-state index is 11.7. The van der Waals surface area contributed by atoms with Gasteiger partial charge in [0, 0.05) is 6.42 Å². The highest BCUT2D eigenvalue weighted by Crippen LogP contribution is 2.15. The number of hydrogen-bond donors (Lipinski definition) is 1. The van der Waals surface area contributed by atoms with Gasteiger partial charge in [-0.05, 0) is 20.8 Å². The van der Waals surface area contributed by atoms with E-state index in [1.807, 2.05) is 0 Å². The summed E-state index contributed by atoms with van der Waals surface area (Å²) in [4.78, 5) is 34.0. The summed E-state index contributed by atoms with van der Waals surface area (Å²) < 4.78 is 9.41. The van der Waals surface area contributed by atoms with E-state index in [2.05, 4.69) is 4.74 Å². The Labute approximate surface area is 99.9 Å². The minimum atomic E-state index is -1.32. The van der Waals surface area contributed by atoms with E-state index in [0.29, 0.717) is 0 Å². The van der Waals surface area contributed by atoms with Crippen molar-refractivity contribution in [2.24, 2.45) is 5.92 Å². The van der Waals surface area contributed by atoms with Crippen molar-refractivity contribution in [1.29, 1.82) is 0 Å². The maximum Gasteiger partial charge on any atom is 0.321 e. The SMILES string of the molecule is COC(=O)C(CC(=O)CO)C(=O)OC(C)(C)C. The van der Waals surface area contributed by atoms with Gasteiger partial charge >= 0.3 is 11.9 Å². The summed E-state index contributed by atoms with van der Waals surface area (Å²) in [7, 11) is 1.11. The van der Waals surface area contributed by atoms with Crippen LogP contribution in [0.4, 0.5) is 0 Å². The molecule has 0 fully saturated rings. The monoisotopic (exact) mass is 246 g/mol. The second kappa shape index (κ2) is 6.34. The van der Waals surface area contributed by atoms with E-state index >= 15 is 0 Å². The highest BCUT2D eigenvalue weighted by atomic mass is 16.6. The van der Waals surface area contributed by atoms with Crippen LogP contribution in [-0.4, -0.2) is 42.1 Å². The maximum absolute atomic E-state index is 11.7. The van der Waals surface area contributed by atoms with Crippen LogP contribution in [0.15, 0.2) is 0 Å². The number of ketones is 1. The first-order valence-electron chi connectivity index (χ1n) is 5.14. The lowest BCUT2D eigenvalue weighted by Crippen LogP contribution is -2.35. The van der Waals surface area contributed by atoms with Crippen LogP contribution < -0.4 is 0 Å². The van der Waals surface area contributed by atoms with Crippen LogP contribution in [-0.2, 0) is 23.9 Å². The summed E-state index contributed by atoms with van der Waals surface area (Å²) in [6, 6.07) is 0. The van der Waals surface area contributed by atoms with Crippen molar-refractivity contribution in [2.45, 2.75) is 32.8 Å². The molecule has 98 valence electrons. The van der Waals surface area contributed by atoms with Crippen molar-refractivity contribution < 1.29 is 29.0 Å². The molecule has 0 rings (SSSR count). The third-order valence-corrected chi connectivity index (χ3v) is 1.79. The molecule has 17 heavy (non-hydrogen) atoms. The number of esters is 2. The summed E-state index contributed by atoms with van der Waals surface area (Å²) in [6.45, 7) is 4.21. The van der Waals surface area contributed by atoms with Gasteiger partial charge in [-0.1, -0.05) is 0 Å². The number of methoxy groups -OCH3 is 1. The highest BCUT2D eigenvalue weighted by molar-refractivity contribution is 5.99. The Balaban J connectivity index is 4.74. The summed E-state index contributed by atoms with van der Waals surface area (Å²) in [5.74, 6) is -3.61. The lowest BCUT2D eigenvalue weighted by molar-refractivity contribution is -0.169. The minimum absolute atomic E-state index is 0.419. The zero-order valence-electron chi connectivity index (χ0n) is 10.5. The Bertz CT molecular complexity index is 302. The zero-order valence-corrected chi connectivity index (χ0v) is 10.5. The summed E-state index contributed by atoms with van der Waals surface area (Å²) in [5, 5.41) is 8.60. The van der Waals surface area contributed by atoms with E-state index in [0.717, 1.165) is 7.11 Å². The molecule has 0 aromatic rings. The average molecular weight is 246 g/mol. The van der Waals surface area contributed by atoms with Crippen LogP contribution in [0.1, 0.15) is 27.2 Å². The number of rotatable bonds is 5. The van der Waals surface area contributed by atoms with Crippen molar-refractivity contribution in [3.05, 3.63) is 0 Å². The van der Waals surface area contributed by atoms with Gasteiger partial charge < -0.3 is 14.6 Å². The van der Waals surface area contributed by atoms with Crippen LogP contribution in [0.25, 0.3) is 0 Å². The first-order chi connectivity index (χ1) is 7.71. The molecule has 0 heterocycles. The summed E-state index contributed by atoms with van der Waals surface area (Å²) >= 11 is 0. The van der Waals surface area contributed by atoms with Crippen molar-refractivity contribution >= 4 is 17.7 Å². The van der Waals surface area contributed by atoms with Crippen molar-refractivity contribution in [1.82, 2.24) is 0 Å². The normalized spacial score (nSPS) is 12.8. The van der Waals surface area contributed by atoms with Crippen molar-refractivity contribution in [3.8, 4) is 0 Å². The zero-order chi connectivity index (χ0) is 13.6. The molecule has 0 aliphatic heterocycles. The van der Waals surface area contributed by atoms with Gasteiger partial charge in [-0.15, -0.1) is 0 Å². The predicted molar refractivity (Wildman–Crippen MR) is 58.1 cm³/mol. The van der Waals surface area contributed by atoms with Gasteiger partial charge in [-0.3, -0.25) is 14.4 Å². The van der Waals surface area contributed by atoms with Gasteiger partial charge in [0.25, 0.3) is 0 Å². The molecule has 0 aromatic carbocycles. The van der Waals surface area contributed by atoms with Gasteiger partial charge in [0.15, 0.2) is 11.7 Å². The molecule has 0 saturated heterocycles. The third-order valence-electron chi connectivity index (χ3n) is 1.79. The van der Waals surface area contributed by atoms with E-state index in [-0.39, 0.29) is 0 Å². The number of carbonyl (C=O) groups is 3. The predicted octanol–water partition coefficient (Wildman–Crippen LogP) is 0.0688. The second-order valence-electron chi connectivity index (χ2n) is 4.51. The molecule has 1 unspecified atom stereocenters. The topological polar surface area (TPSA) is 89.9 Å². The molecule has 6 nitrogen and oxygen atoms in total. The number of hydrogen-bond acceptors (Lipinski definition) is 6. The lowest BCUT2D eigenvalue weighted by Gasteiger charge is -2.22. The van der Waals surface area contributed by atoms with Crippen molar-refractivity contribution in [2.75, 3.05) is 13.7 Å². The second-order valence-corrected chi connectivity index (χ2v) is 4.51. The molecule has 0 aliphatic rings. The van der Waals surface area contributed by atoms with E-state index in [1.165, 1.54) is 0 Å². The quantitative estimate of drug-likeness (QED) is 0.545. The average Bonchev–Trinajstić information content (AvgIpc) is 2.21. The first kappa shape index (κ1) is 15.6. The number of carbonyl (C=O) groups excluding carboxylic acids is 3. The third kappa shape index (κ3) is 6.01. The van der Waals surface area contributed by atoms with Crippen LogP contribution in [0, 0.1) is 5.92 Å². The van der Waals surface area contributed by atoms with Crippen molar-refractivity contribution in [3.63, 3.8) is 0 Å². The molecule has 0 aliphatic carbocycles. The van der Waals surface area contributed by atoms with E-state index < -0.39 is 42.3 Å². The van der Waals surface area contributed by atoms with Gasteiger partial charge in [0.05, 0.1) is 7.11 Å².